The summed E-state index contributed by atoms with van der Waals surface area (Å²) in [5.41, 5.74) is 2.93. The van der Waals surface area contributed by atoms with Crippen molar-refractivity contribution < 1.29 is 10.0 Å². The number of nitro groups is 1. The molecule has 1 N–H and O–H groups in total. The van der Waals surface area contributed by atoms with Gasteiger partial charge in [0, 0.05) is 38.4 Å². The van der Waals surface area contributed by atoms with E-state index < -0.39 is 4.92 Å². The number of hydrogen-bond acceptors (Lipinski definition) is 6. The van der Waals surface area contributed by atoms with Crippen molar-refractivity contribution in [2.75, 3.05) is 36.0 Å². The van der Waals surface area contributed by atoms with E-state index in [9.17, 15) is 15.2 Å². The highest BCUT2D eigenvalue weighted by Crippen LogP contribution is 2.32. The summed E-state index contributed by atoms with van der Waals surface area (Å²) in [6.07, 6.45) is 1.83. The molecule has 0 radical (unpaired) electrons. The van der Waals surface area contributed by atoms with Gasteiger partial charge in [0.25, 0.3) is 5.69 Å². The van der Waals surface area contributed by atoms with Crippen LogP contribution in [0.25, 0.3) is 0 Å². The molecule has 1 aliphatic rings. The molecule has 0 unspecified atom stereocenters. The summed E-state index contributed by atoms with van der Waals surface area (Å²) in [4.78, 5) is 19.0. The standard InChI is InChI=1S/C17H20N4O3/c1-12-5-6-18-17(13(12)2)20-9-7-19(8-10-20)15-4-3-14(21(23)24)11-16(15)22/h3-6,11,22H,7-10H2,1-2H3. The van der Waals surface area contributed by atoms with Gasteiger partial charge >= 0.3 is 0 Å². The Morgan fingerprint density at radius 2 is 1.79 bits per heavy atom. The molecular weight excluding hydrogens is 308 g/mol. The minimum Gasteiger partial charge on any atom is -0.506 e. The molecular formula is C17H20N4O3. The molecule has 7 nitrogen and oxygen atoms in total. The number of non-ortho nitro benzene ring substituents is 1. The molecule has 7 heteroatoms. The average Bonchev–Trinajstić information content (AvgIpc) is 2.57. The number of piperazine rings is 1. The Bertz CT molecular complexity index is 770. The molecule has 1 fully saturated rings. The number of benzene rings is 1. The predicted octanol–water partition coefficient (Wildman–Crippen LogP) is 2.64. The van der Waals surface area contributed by atoms with Gasteiger partial charge in [0.1, 0.15) is 11.6 Å². The predicted molar refractivity (Wildman–Crippen MR) is 92.9 cm³/mol. The summed E-state index contributed by atoms with van der Waals surface area (Å²) in [5, 5.41) is 20.9. The molecule has 1 aromatic heterocycles. The number of hydrogen-bond donors (Lipinski definition) is 1. The molecule has 24 heavy (non-hydrogen) atoms. The zero-order chi connectivity index (χ0) is 17.3. The van der Waals surface area contributed by atoms with Gasteiger partial charge in [-0.05, 0) is 37.1 Å². The number of phenolic OH excluding ortho intramolecular Hbond substituents is 1. The lowest BCUT2D eigenvalue weighted by Crippen LogP contribution is -2.47. The largest absolute Gasteiger partial charge is 0.506 e. The SMILES string of the molecule is Cc1ccnc(N2CCN(c3ccc([N+](=O)[O-])cc3O)CC2)c1C. The van der Waals surface area contributed by atoms with Crippen LogP contribution >= 0.6 is 0 Å². The van der Waals surface area contributed by atoms with Crippen molar-refractivity contribution in [1.82, 2.24) is 4.98 Å². The lowest BCUT2D eigenvalue weighted by Gasteiger charge is -2.37. The Balaban J connectivity index is 1.73. The highest BCUT2D eigenvalue weighted by molar-refractivity contribution is 5.62. The summed E-state index contributed by atoms with van der Waals surface area (Å²) >= 11 is 0. The first-order chi connectivity index (χ1) is 11.5. The highest BCUT2D eigenvalue weighted by atomic mass is 16.6. The molecule has 2 heterocycles. The summed E-state index contributed by atoms with van der Waals surface area (Å²) in [6, 6.07) is 6.24. The molecule has 1 aromatic carbocycles. The van der Waals surface area contributed by atoms with Gasteiger partial charge in [-0.25, -0.2) is 4.98 Å². The summed E-state index contributed by atoms with van der Waals surface area (Å²) in [7, 11) is 0. The molecule has 0 amide bonds. The highest BCUT2D eigenvalue weighted by Gasteiger charge is 2.22. The maximum absolute atomic E-state index is 10.8. The van der Waals surface area contributed by atoms with E-state index in [0.29, 0.717) is 5.69 Å². The lowest BCUT2D eigenvalue weighted by molar-refractivity contribution is -0.384. The van der Waals surface area contributed by atoms with Crippen molar-refractivity contribution in [3.05, 3.63) is 51.7 Å². The van der Waals surface area contributed by atoms with Crippen molar-refractivity contribution in [1.29, 1.82) is 0 Å². The normalized spacial score (nSPS) is 14.8. The Morgan fingerprint density at radius 1 is 1.12 bits per heavy atom. The van der Waals surface area contributed by atoms with E-state index in [1.54, 1.807) is 6.07 Å². The lowest BCUT2D eigenvalue weighted by atomic mass is 10.1. The summed E-state index contributed by atoms with van der Waals surface area (Å²) < 4.78 is 0. The number of anilines is 2. The Morgan fingerprint density at radius 3 is 2.42 bits per heavy atom. The number of nitrogens with zero attached hydrogens (tertiary/aromatic N) is 4. The van der Waals surface area contributed by atoms with Gasteiger partial charge in [-0.1, -0.05) is 0 Å². The van der Waals surface area contributed by atoms with Crippen LogP contribution in [-0.4, -0.2) is 41.2 Å². The fraction of sp³-hybridized carbons (Fsp3) is 0.353. The fourth-order valence-electron chi connectivity index (χ4n) is 2.99. The van der Waals surface area contributed by atoms with Gasteiger partial charge in [0.2, 0.25) is 0 Å². The number of aromatic nitrogens is 1. The maximum Gasteiger partial charge on any atom is 0.273 e. The van der Waals surface area contributed by atoms with E-state index in [1.165, 1.54) is 23.3 Å². The molecule has 3 rings (SSSR count). The van der Waals surface area contributed by atoms with Crippen molar-refractivity contribution in [2.45, 2.75) is 13.8 Å². The molecule has 2 aromatic rings. The van der Waals surface area contributed by atoms with Gasteiger partial charge in [-0.3, -0.25) is 10.1 Å². The molecule has 0 bridgehead atoms. The van der Waals surface area contributed by atoms with Crippen LogP contribution in [0.5, 0.6) is 5.75 Å². The van der Waals surface area contributed by atoms with E-state index in [1.807, 2.05) is 17.2 Å². The third-order valence-corrected chi connectivity index (χ3v) is 4.54. The van der Waals surface area contributed by atoms with Crippen LogP contribution in [0, 0.1) is 24.0 Å². The Kier molecular flexibility index (Phi) is 4.24. The smallest absolute Gasteiger partial charge is 0.273 e. The number of pyridine rings is 1. The molecule has 0 spiro atoms. The minimum atomic E-state index is -0.506. The van der Waals surface area contributed by atoms with Crippen molar-refractivity contribution >= 4 is 17.2 Å². The molecule has 1 aliphatic heterocycles. The molecule has 126 valence electrons. The number of nitro benzene ring substituents is 1. The van der Waals surface area contributed by atoms with Crippen LogP contribution in [-0.2, 0) is 0 Å². The monoisotopic (exact) mass is 328 g/mol. The molecule has 1 saturated heterocycles. The van der Waals surface area contributed by atoms with Crippen molar-refractivity contribution in [3.63, 3.8) is 0 Å². The van der Waals surface area contributed by atoms with Crippen LogP contribution in [0.15, 0.2) is 30.5 Å². The second-order valence-electron chi connectivity index (χ2n) is 5.98. The van der Waals surface area contributed by atoms with Crippen LogP contribution in [0.3, 0.4) is 0 Å². The van der Waals surface area contributed by atoms with E-state index in [2.05, 4.69) is 23.7 Å². The van der Waals surface area contributed by atoms with Crippen LogP contribution < -0.4 is 9.80 Å². The van der Waals surface area contributed by atoms with Crippen molar-refractivity contribution in [2.24, 2.45) is 0 Å². The first-order valence-corrected chi connectivity index (χ1v) is 7.87. The van der Waals surface area contributed by atoms with Crippen molar-refractivity contribution in [3.8, 4) is 5.75 Å². The van der Waals surface area contributed by atoms with Crippen LogP contribution in [0.2, 0.25) is 0 Å². The number of aryl methyl sites for hydroxylation is 1. The Hall–Kier alpha value is -2.83. The summed E-state index contributed by atoms with van der Waals surface area (Å²) in [5.74, 6) is 0.949. The first kappa shape index (κ1) is 16.0. The third kappa shape index (κ3) is 2.97. The first-order valence-electron chi connectivity index (χ1n) is 7.87. The minimum absolute atomic E-state index is 0.0532. The second-order valence-corrected chi connectivity index (χ2v) is 5.98. The second kappa shape index (κ2) is 6.35. The zero-order valence-electron chi connectivity index (χ0n) is 13.8. The van der Waals surface area contributed by atoms with Gasteiger partial charge in [0.05, 0.1) is 16.7 Å². The van der Waals surface area contributed by atoms with E-state index in [0.717, 1.165) is 32.0 Å². The number of aromatic hydroxyl groups is 1. The molecule has 0 atom stereocenters. The zero-order valence-corrected chi connectivity index (χ0v) is 13.8. The van der Waals surface area contributed by atoms with Crippen LogP contribution in [0.1, 0.15) is 11.1 Å². The van der Waals surface area contributed by atoms with Gasteiger partial charge in [-0.15, -0.1) is 0 Å². The van der Waals surface area contributed by atoms with Gasteiger partial charge in [-0.2, -0.15) is 0 Å². The Labute approximate surface area is 140 Å². The fourth-order valence-corrected chi connectivity index (χ4v) is 2.99. The quantitative estimate of drug-likeness (QED) is 0.689. The molecule has 0 saturated carbocycles. The van der Waals surface area contributed by atoms with E-state index >= 15 is 0 Å². The van der Waals surface area contributed by atoms with Gasteiger partial charge < -0.3 is 14.9 Å². The van der Waals surface area contributed by atoms with Gasteiger partial charge in [0.15, 0.2) is 0 Å². The topological polar surface area (TPSA) is 82.7 Å². The number of phenols is 1. The van der Waals surface area contributed by atoms with E-state index in [-0.39, 0.29) is 11.4 Å². The maximum atomic E-state index is 10.8. The summed E-state index contributed by atoms with van der Waals surface area (Å²) in [6.45, 7) is 7.17. The third-order valence-electron chi connectivity index (χ3n) is 4.54. The molecule has 0 aliphatic carbocycles. The number of rotatable bonds is 3. The average molecular weight is 328 g/mol. The van der Waals surface area contributed by atoms with Crippen LogP contribution in [0.4, 0.5) is 17.2 Å². The van der Waals surface area contributed by atoms with E-state index in [4.69, 9.17) is 0 Å².